The zero-order chi connectivity index (χ0) is 12.7. The Balaban J connectivity index is 1.75. The topological polar surface area (TPSA) is 49.8 Å². The number of nitrogens with zero attached hydrogens (tertiary/aromatic N) is 1. The minimum absolute atomic E-state index is 0.0660. The second kappa shape index (κ2) is 4.14. The molecular weight excluding hydrogens is 230 g/mol. The summed E-state index contributed by atoms with van der Waals surface area (Å²) < 4.78 is 5.66. The van der Waals surface area contributed by atoms with Crippen LogP contribution in [0.25, 0.3) is 0 Å². The lowest BCUT2D eigenvalue weighted by molar-refractivity contribution is -0.174. The molecule has 2 aliphatic heterocycles. The number of hydrogen-bond acceptors (Lipinski definition) is 3. The molecule has 0 radical (unpaired) electrons. The zero-order valence-corrected chi connectivity index (χ0v) is 9.95. The van der Waals surface area contributed by atoms with Crippen LogP contribution in [0.2, 0.25) is 0 Å². The molecule has 4 heteroatoms. The van der Waals surface area contributed by atoms with E-state index in [1.165, 1.54) is 0 Å². The molecule has 1 aromatic carbocycles. The van der Waals surface area contributed by atoms with Crippen molar-refractivity contribution in [2.45, 2.75) is 24.7 Å². The van der Waals surface area contributed by atoms with Gasteiger partial charge in [0, 0.05) is 6.54 Å². The summed E-state index contributed by atoms with van der Waals surface area (Å²) in [5.41, 5.74) is 0.894. The normalized spacial score (nSPS) is 30.7. The third-order valence-corrected chi connectivity index (χ3v) is 3.49. The van der Waals surface area contributed by atoms with Crippen LogP contribution >= 0.6 is 0 Å². The molecule has 2 saturated heterocycles. The second-order valence-corrected chi connectivity index (χ2v) is 4.83. The van der Waals surface area contributed by atoms with E-state index in [-0.39, 0.29) is 11.9 Å². The molecule has 1 N–H and O–H groups in total. The Morgan fingerprint density at radius 3 is 2.78 bits per heavy atom. The first-order chi connectivity index (χ1) is 8.66. The van der Waals surface area contributed by atoms with Crippen LogP contribution in [0.1, 0.15) is 6.42 Å². The molecule has 18 heavy (non-hydrogen) atoms. The number of para-hydroxylation sites is 1. The van der Waals surface area contributed by atoms with Gasteiger partial charge in [0.05, 0.1) is 6.10 Å². The first-order valence-electron chi connectivity index (χ1n) is 6.04. The molecule has 0 unspecified atom stereocenters. The predicted octanol–water partition coefficient (Wildman–Crippen LogP) is 0.966. The van der Waals surface area contributed by atoms with E-state index in [2.05, 4.69) is 6.58 Å². The van der Waals surface area contributed by atoms with Gasteiger partial charge in [-0.15, -0.1) is 0 Å². The van der Waals surface area contributed by atoms with Crippen LogP contribution in [-0.2, 0) is 4.79 Å². The number of aliphatic hydroxyl groups is 1. The Morgan fingerprint density at radius 2 is 2.06 bits per heavy atom. The van der Waals surface area contributed by atoms with Crippen molar-refractivity contribution in [3.63, 3.8) is 0 Å². The SMILES string of the molecule is C=C1C[C@H](O)[C@H]2[C@@H](Oc3ccccc3)C(=O)N2C1. The van der Waals surface area contributed by atoms with Crippen molar-refractivity contribution < 1.29 is 14.6 Å². The van der Waals surface area contributed by atoms with Crippen molar-refractivity contribution in [1.82, 2.24) is 4.90 Å². The molecule has 2 aliphatic rings. The van der Waals surface area contributed by atoms with E-state index in [0.29, 0.717) is 18.7 Å². The van der Waals surface area contributed by atoms with Crippen molar-refractivity contribution >= 4 is 5.91 Å². The van der Waals surface area contributed by atoms with Crippen LogP contribution < -0.4 is 4.74 Å². The third kappa shape index (κ3) is 1.69. The number of hydrogen-bond donors (Lipinski definition) is 1. The maximum absolute atomic E-state index is 11.9. The zero-order valence-electron chi connectivity index (χ0n) is 9.95. The van der Waals surface area contributed by atoms with Crippen molar-refractivity contribution in [3.8, 4) is 5.75 Å². The second-order valence-electron chi connectivity index (χ2n) is 4.83. The number of fused-ring (bicyclic) bond motifs is 1. The highest BCUT2D eigenvalue weighted by Crippen LogP contribution is 2.34. The molecule has 2 heterocycles. The smallest absolute Gasteiger partial charge is 0.266 e. The van der Waals surface area contributed by atoms with Crippen LogP contribution in [0.5, 0.6) is 5.75 Å². The van der Waals surface area contributed by atoms with E-state index < -0.39 is 12.2 Å². The van der Waals surface area contributed by atoms with Gasteiger partial charge in [-0.3, -0.25) is 4.79 Å². The molecule has 1 aromatic rings. The van der Waals surface area contributed by atoms with Gasteiger partial charge in [0.25, 0.3) is 5.91 Å². The Morgan fingerprint density at radius 1 is 1.33 bits per heavy atom. The van der Waals surface area contributed by atoms with Crippen LogP contribution in [0, 0.1) is 0 Å². The van der Waals surface area contributed by atoms with E-state index in [0.717, 1.165) is 5.57 Å². The van der Waals surface area contributed by atoms with Crippen molar-refractivity contribution in [2.75, 3.05) is 6.54 Å². The number of benzene rings is 1. The lowest BCUT2D eigenvalue weighted by atomic mass is 9.84. The summed E-state index contributed by atoms with van der Waals surface area (Å²) in [6.45, 7) is 4.37. The first kappa shape index (κ1) is 11.3. The Bertz CT molecular complexity index is 485. The van der Waals surface area contributed by atoms with Crippen LogP contribution in [0.15, 0.2) is 42.5 Å². The Hall–Kier alpha value is -1.81. The molecule has 2 fully saturated rings. The molecule has 0 saturated carbocycles. The molecule has 0 aromatic heterocycles. The number of rotatable bonds is 2. The van der Waals surface area contributed by atoms with Crippen LogP contribution in [0.3, 0.4) is 0 Å². The monoisotopic (exact) mass is 245 g/mol. The molecule has 0 aliphatic carbocycles. The van der Waals surface area contributed by atoms with Gasteiger partial charge >= 0.3 is 0 Å². The van der Waals surface area contributed by atoms with Gasteiger partial charge in [-0.1, -0.05) is 30.4 Å². The number of β-lactam (4-membered cyclic amide) rings is 1. The number of ether oxygens (including phenoxy) is 1. The number of carbonyl (C=O) groups is 1. The van der Waals surface area contributed by atoms with Gasteiger partial charge in [-0.25, -0.2) is 0 Å². The Kier molecular flexibility index (Phi) is 2.59. The molecule has 0 spiro atoms. The molecule has 3 atom stereocenters. The van der Waals surface area contributed by atoms with E-state index in [4.69, 9.17) is 4.74 Å². The highest BCUT2D eigenvalue weighted by atomic mass is 16.5. The van der Waals surface area contributed by atoms with E-state index in [9.17, 15) is 9.90 Å². The fraction of sp³-hybridized carbons (Fsp3) is 0.357. The number of carbonyl (C=O) groups excluding carboxylic acids is 1. The third-order valence-electron chi connectivity index (χ3n) is 3.49. The van der Waals surface area contributed by atoms with Crippen molar-refractivity contribution in [3.05, 3.63) is 42.5 Å². The van der Waals surface area contributed by atoms with Crippen LogP contribution in [-0.4, -0.2) is 40.7 Å². The number of piperidine rings is 1. The van der Waals surface area contributed by atoms with E-state index in [1.807, 2.05) is 30.3 Å². The van der Waals surface area contributed by atoms with Gasteiger partial charge in [-0.2, -0.15) is 0 Å². The highest BCUT2D eigenvalue weighted by Gasteiger charge is 2.54. The maximum atomic E-state index is 11.9. The standard InChI is InChI=1S/C14H15NO3/c1-9-7-11(16)12-13(14(17)15(12)8-9)18-10-5-3-2-4-6-10/h2-6,11-13,16H,1,7-8H2/t11-,12-,13+/m0/s1. The average molecular weight is 245 g/mol. The lowest BCUT2D eigenvalue weighted by Crippen LogP contribution is -2.72. The lowest BCUT2D eigenvalue weighted by Gasteiger charge is -2.51. The van der Waals surface area contributed by atoms with Crippen molar-refractivity contribution in [1.29, 1.82) is 0 Å². The van der Waals surface area contributed by atoms with E-state index in [1.54, 1.807) is 4.90 Å². The first-order valence-corrected chi connectivity index (χ1v) is 6.04. The predicted molar refractivity (Wildman–Crippen MR) is 66.1 cm³/mol. The highest BCUT2D eigenvalue weighted by molar-refractivity contribution is 5.89. The summed E-state index contributed by atoms with van der Waals surface area (Å²) in [4.78, 5) is 13.6. The summed E-state index contributed by atoms with van der Waals surface area (Å²) in [6, 6.07) is 8.99. The van der Waals surface area contributed by atoms with Gasteiger partial charge in [0.1, 0.15) is 11.8 Å². The molecule has 4 nitrogen and oxygen atoms in total. The molecular formula is C14H15NO3. The summed E-state index contributed by atoms with van der Waals surface area (Å²) in [7, 11) is 0. The molecule has 1 amide bonds. The van der Waals surface area contributed by atoms with Gasteiger partial charge in [0.2, 0.25) is 0 Å². The molecule has 94 valence electrons. The number of amides is 1. The fourth-order valence-electron chi connectivity index (χ4n) is 2.62. The minimum Gasteiger partial charge on any atom is -0.478 e. The maximum Gasteiger partial charge on any atom is 0.266 e. The van der Waals surface area contributed by atoms with Crippen molar-refractivity contribution in [2.24, 2.45) is 0 Å². The average Bonchev–Trinajstić information content (AvgIpc) is 2.37. The summed E-state index contributed by atoms with van der Waals surface area (Å²) >= 11 is 0. The summed E-state index contributed by atoms with van der Waals surface area (Å²) in [6.07, 6.45) is -0.587. The fourth-order valence-corrected chi connectivity index (χ4v) is 2.62. The van der Waals surface area contributed by atoms with Gasteiger partial charge in [-0.05, 0) is 18.6 Å². The molecule has 3 rings (SSSR count). The van der Waals surface area contributed by atoms with Crippen LogP contribution in [0.4, 0.5) is 0 Å². The molecule has 0 bridgehead atoms. The Labute approximate surface area is 105 Å². The van der Waals surface area contributed by atoms with E-state index >= 15 is 0 Å². The largest absolute Gasteiger partial charge is 0.478 e. The minimum atomic E-state index is -0.572. The quantitative estimate of drug-likeness (QED) is 0.624. The summed E-state index contributed by atoms with van der Waals surface area (Å²) in [5, 5.41) is 10.0. The number of aliphatic hydroxyl groups excluding tert-OH is 1. The summed E-state index contributed by atoms with van der Waals surface area (Å²) in [5.74, 6) is 0.593. The van der Waals surface area contributed by atoms with Gasteiger partial charge in [0.15, 0.2) is 6.10 Å². The van der Waals surface area contributed by atoms with Gasteiger partial charge < -0.3 is 14.7 Å².